The fourth-order valence-electron chi connectivity index (χ4n) is 3.28. The Bertz CT molecular complexity index is 1230. The zero-order valence-electron chi connectivity index (χ0n) is 17.1. The van der Waals surface area contributed by atoms with Crippen molar-refractivity contribution in [3.63, 3.8) is 0 Å². The first-order valence-corrected chi connectivity index (χ1v) is 11.8. The summed E-state index contributed by atoms with van der Waals surface area (Å²) in [7, 11) is 0. The van der Waals surface area contributed by atoms with Crippen molar-refractivity contribution in [1.82, 2.24) is 19.3 Å². The molecule has 160 valence electrons. The van der Waals surface area contributed by atoms with Crippen LogP contribution < -0.4 is 4.87 Å². The minimum atomic E-state index is -0.285. The molecule has 4 rings (SSSR count). The molecule has 7 nitrogen and oxygen atoms in total. The normalized spacial score (nSPS) is 11.1. The molecule has 2 heterocycles. The molecule has 0 unspecified atom stereocenters. The van der Waals surface area contributed by atoms with Gasteiger partial charge in [-0.1, -0.05) is 65.6 Å². The molecule has 0 N–H and O–H groups in total. The number of aromatic nitrogens is 4. The number of fused-ring (bicyclic) bond motifs is 1. The molecule has 0 atom stereocenters. The summed E-state index contributed by atoms with van der Waals surface area (Å²) in [6.07, 6.45) is 0.790. The van der Waals surface area contributed by atoms with Crippen LogP contribution in [0.15, 0.2) is 64.5 Å². The van der Waals surface area contributed by atoms with E-state index >= 15 is 0 Å². The van der Waals surface area contributed by atoms with Crippen molar-refractivity contribution in [2.45, 2.75) is 31.6 Å². The van der Waals surface area contributed by atoms with E-state index in [9.17, 15) is 9.59 Å². The van der Waals surface area contributed by atoms with Crippen molar-refractivity contribution in [3.8, 4) is 0 Å². The number of carbonyl (C=O) groups is 1. The van der Waals surface area contributed by atoms with Crippen molar-refractivity contribution in [2.75, 3.05) is 12.4 Å². The van der Waals surface area contributed by atoms with Crippen LogP contribution in [0.2, 0.25) is 0 Å². The number of hydrogen-bond acceptors (Lipinski definition) is 7. The molecule has 0 saturated heterocycles. The van der Waals surface area contributed by atoms with Gasteiger partial charge in [0.1, 0.15) is 0 Å². The first-order valence-electron chi connectivity index (χ1n) is 9.98. The van der Waals surface area contributed by atoms with Crippen molar-refractivity contribution in [3.05, 3.63) is 75.7 Å². The summed E-state index contributed by atoms with van der Waals surface area (Å²) in [6, 6.07) is 17.9. The summed E-state index contributed by atoms with van der Waals surface area (Å²) in [6.45, 7) is 3.10. The van der Waals surface area contributed by atoms with Crippen LogP contribution in [0.5, 0.6) is 0 Å². The van der Waals surface area contributed by atoms with Gasteiger partial charge in [0.25, 0.3) is 0 Å². The number of carbonyl (C=O) groups excluding carboxylic acids is 1. The lowest BCUT2D eigenvalue weighted by molar-refractivity contribution is -0.139. The summed E-state index contributed by atoms with van der Waals surface area (Å²) in [4.78, 5) is 24.4. The zero-order chi connectivity index (χ0) is 21.6. The summed E-state index contributed by atoms with van der Waals surface area (Å²) < 4.78 is 9.69. The molecule has 4 aromatic rings. The minimum Gasteiger partial charge on any atom is -0.465 e. The van der Waals surface area contributed by atoms with Gasteiger partial charge in [0.15, 0.2) is 11.0 Å². The van der Waals surface area contributed by atoms with Gasteiger partial charge in [-0.25, -0.2) is 0 Å². The maximum Gasteiger partial charge on any atom is 0.316 e. The van der Waals surface area contributed by atoms with E-state index in [0.29, 0.717) is 30.7 Å². The molecule has 2 aromatic heterocycles. The highest BCUT2D eigenvalue weighted by molar-refractivity contribution is 7.99. The van der Waals surface area contributed by atoms with Crippen LogP contribution in [0.4, 0.5) is 0 Å². The molecule has 9 heteroatoms. The number of ether oxygens (including phenoxy) is 1. The molecule has 31 heavy (non-hydrogen) atoms. The highest BCUT2D eigenvalue weighted by Crippen LogP contribution is 2.21. The summed E-state index contributed by atoms with van der Waals surface area (Å²) in [5.41, 5.74) is 2.08. The lowest BCUT2D eigenvalue weighted by Crippen LogP contribution is -2.18. The van der Waals surface area contributed by atoms with E-state index in [0.717, 1.165) is 16.6 Å². The molecule has 0 aliphatic heterocycles. The van der Waals surface area contributed by atoms with Gasteiger partial charge in [-0.15, -0.1) is 10.2 Å². The minimum absolute atomic E-state index is 0.0282. The van der Waals surface area contributed by atoms with Gasteiger partial charge in [0.05, 0.1) is 29.1 Å². The molecule has 0 fully saturated rings. The Hall–Kier alpha value is -2.91. The first-order chi connectivity index (χ1) is 15.2. The summed E-state index contributed by atoms with van der Waals surface area (Å²) in [5.74, 6) is 0.568. The summed E-state index contributed by atoms with van der Waals surface area (Å²) >= 11 is 2.53. The Labute approximate surface area is 187 Å². The first kappa shape index (κ1) is 21.3. The fourth-order valence-corrected chi connectivity index (χ4v) is 4.96. The van der Waals surface area contributed by atoms with Crippen LogP contribution in [0.1, 0.15) is 18.3 Å². The van der Waals surface area contributed by atoms with Crippen LogP contribution in [-0.2, 0) is 29.0 Å². The number of thioether (sulfide) groups is 1. The van der Waals surface area contributed by atoms with Gasteiger partial charge in [-0.2, -0.15) is 0 Å². The quantitative estimate of drug-likeness (QED) is 0.284. The van der Waals surface area contributed by atoms with Gasteiger partial charge in [0.2, 0.25) is 0 Å². The van der Waals surface area contributed by atoms with Crippen molar-refractivity contribution >= 4 is 39.3 Å². The van der Waals surface area contributed by atoms with Crippen molar-refractivity contribution in [1.29, 1.82) is 0 Å². The van der Waals surface area contributed by atoms with Gasteiger partial charge < -0.3 is 9.30 Å². The van der Waals surface area contributed by atoms with E-state index in [-0.39, 0.29) is 16.6 Å². The van der Waals surface area contributed by atoms with Crippen molar-refractivity contribution in [2.24, 2.45) is 0 Å². The van der Waals surface area contributed by atoms with Gasteiger partial charge in [-0.05, 0) is 31.0 Å². The van der Waals surface area contributed by atoms with Gasteiger partial charge >= 0.3 is 10.8 Å². The number of esters is 1. The average Bonchev–Trinajstić information content (AvgIpc) is 3.32. The molecule has 2 aromatic carbocycles. The fraction of sp³-hybridized carbons (Fsp3) is 0.273. The third-order valence-electron chi connectivity index (χ3n) is 4.76. The number of para-hydroxylation sites is 1. The van der Waals surface area contributed by atoms with Crippen LogP contribution in [0.3, 0.4) is 0 Å². The maximum atomic E-state index is 12.6. The highest BCUT2D eigenvalue weighted by atomic mass is 32.2. The number of nitrogens with zero attached hydrogens (tertiary/aromatic N) is 4. The van der Waals surface area contributed by atoms with Crippen molar-refractivity contribution < 1.29 is 9.53 Å². The van der Waals surface area contributed by atoms with E-state index in [1.807, 2.05) is 47.0 Å². The van der Waals surface area contributed by atoms with E-state index in [1.54, 1.807) is 11.5 Å². The molecule has 0 bridgehead atoms. The third kappa shape index (κ3) is 5.05. The second-order valence-corrected chi connectivity index (χ2v) is 8.74. The Kier molecular flexibility index (Phi) is 6.83. The largest absolute Gasteiger partial charge is 0.465 e. The topological polar surface area (TPSA) is 79.0 Å². The smallest absolute Gasteiger partial charge is 0.316 e. The number of hydrogen-bond donors (Lipinski definition) is 0. The highest BCUT2D eigenvalue weighted by Gasteiger charge is 2.17. The SMILES string of the molecule is CCOC(=O)CSc1nnc(Cn2c(=O)sc3ccccc32)n1CCc1ccccc1. The Balaban J connectivity index is 1.61. The van der Waals surface area contributed by atoms with E-state index < -0.39 is 0 Å². The molecule has 0 aliphatic carbocycles. The molecule has 0 spiro atoms. The van der Waals surface area contributed by atoms with Crippen LogP contribution in [-0.4, -0.2) is 37.7 Å². The molecular weight excluding hydrogens is 432 g/mol. The van der Waals surface area contributed by atoms with E-state index in [4.69, 9.17) is 4.74 Å². The van der Waals surface area contributed by atoms with Gasteiger partial charge in [0, 0.05) is 6.54 Å². The molecular formula is C22H22N4O3S2. The second-order valence-electron chi connectivity index (χ2n) is 6.80. The second kappa shape index (κ2) is 9.93. The molecule has 0 radical (unpaired) electrons. The number of benzene rings is 2. The molecule has 0 amide bonds. The average molecular weight is 455 g/mol. The molecule has 0 saturated carbocycles. The Morgan fingerprint density at radius 2 is 1.84 bits per heavy atom. The van der Waals surface area contributed by atoms with Crippen LogP contribution in [0.25, 0.3) is 10.2 Å². The lowest BCUT2D eigenvalue weighted by atomic mass is 10.1. The maximum absolute atomic E-state index is 12.6. The molecule has 0 aliphatic rings. The monoisotopic (exact) mass is 454 g/mol. The predicted octanol–water partition coefficient (Wildman–Crippen LogP) is 3.60. The summed E-state index contributed by atoms with van der Waals surface area (Å²) in [5, 5.41) is 9.31. The Morgan fingerprint density at radius 3 is 2.65 bits per heavy atom. The standard InChI is InChI=1S/C22H22N4O3S2/c1-2-29-20(27)15-30-21-24-23-19(25(21)13-12-16-8-4-3-5-9-16)14-26-17-10-6-7-11-18(17)31-22(26)28/h3-11H,2,12-15H2,1H3. The van der Waals surface area contributed by atoms with E-state index in [1.165, 1.54) is 28.7 Å². The van der Waals surface area contributed by atoms with Crippen LogP contribution >= 0.6 is 23.1 Å². The number of aryl methyl sites for hydroxylation is 1. The van der Waals surface area contributed by atoms with Crippen LogP contribution in [0, 0.1) is 0 Å². The zero-order valence-corrected chi connectivity index (χ0v) is 18.7. The third-order valence-corrected chi connectivity index (χ3v) is 6.66. The number of thiazole rings is 1. The number of rotatable bonds is 9. The van der Waals surface area contributed by atoms with E-state index in [2.05, 4.69) is 22.3 Å². The van der Waals surface area contributed by atoms with Gasteiger partial charge in [-0.3, -0.25) is 14.2 Å². The lowest BCUT2D eigenvalue weighted by Gasteiger charge is -2.11. The predicted molar refractivity (Wildman–Crippen MR) is 123 cm³/mol. The Morgan fingerprint density at radius 1 is 1.06 bits per heavy atom.